The normalized spacial score (nSPS) is 24.2. The van der Waals surface area contributed by atoms with Crippen molar-refractivity contribution in [2.45, 2.75) is 153 Å². The van der Waals surface area contributed by atoms with Gasteiger partial charge < -0.3 is 65.6 Å². The standard InChI is InChI=1S/C59H77ClFN9O16/c1-32(2)51(66-46(71)18-11-10-12-24-70-47(72)21-22-48(70)73)53(76)65-40(16-14-23-63-56(62)79)52(75)64-36-19-20-38(39(61)28-36)54(77)68(6)34(4)55(78)85-44-30-49(74)69(7)41-26-35(27-42(82-8)50(41)60)25-33(3)15-13-17-43(83-9)59(81)31-37(84-57(80)67-59)29-45-58(44,5)86-45/h13,15,17,19-22,26-28,32,34,37,40,43-45,51,81H,10-12,14,16,18,23-25,29-31H2,1-9H3,(H,64,75)(H,65,76)(H,66,71)(H,67,80)(H3,62,63,79)/b17-13+,33-15+/t34-,37+,40-,43+,44-,45-,51-,58-,59-/m0/s1. The minimum atomic E-state index is -1.92. The Morgan fingerprint density at radius 2 is 1.70 bits per heavy atom. The highest BCUT2D eigenvalue weighted by atomic mass is 35.5. The minimum absolute atomic E-state index is 0.0152. The number of benzene rings is 2. The molecule has 25 nitrogen and oxygen atoms in total. The molecule has 4 aliphatic heterocycles. The van der Waals surface area contributed by atoms with Crippen molar-refractivity contribution in [1.29, 1.82) is 0 Å². The van der Waals surface area contributed by atoms with Gasteiger partial charge in [0.05, 0.1) is 30.9 Å². The Bertz CT molecular complexity index is 3010. The molecule has 0 aromatic heterocycles. The van der Waals surface area contributed by atoms with Crippen LogP contribution in [-0.2, 0) is 58.9 Å². The van der Waals surface area contributed by atoms with E-state index in [2.05, 4.69) is 26.6 Å². The van der Waals surface area contributed by atoms with Crippen molar-refractivity contribution in [2.75, 3.05) is 51.6 Å². The van der Waals surface area contributed by atoms with E-state index in [0.717, 1.165) is 27.5 Å². The van der Waals surface area contributed by atoms with Gasteiger partial charge in [0, 0.05) is 71.4 Å². The monoisotopic (exact) mass is 1220 g/mol. The van der Waals surface area contributed by atoms with Crippen molar-refractivity contribution in [3.05, 3.63) is 88.3 Å². The van der Waals surface area contributed by atoms with E-state index >= 15 is 4.39 Å². The third kappa shape index (κ3) is 17.2. The van der Waals surface area contributed by atoms with Gasteiger partial charge in [-0.25, -0.2) is 18.8 Å². The van der Waals surface area contributed by atoms with Crippen LogP contribution in [-0.4, -0.2) is 170 Å². The number of likely N-dealkylation sites (N-methyl/N-ethyl adjacent to an activating group) is 1. The molecule has 4 heterocycles. The number of epoxide rings is 1. The number of esters is 1. The number of carbonyl (C=O) groups is 10. The number of primary amides is 1. The zero-order chi connectivity index (χ0) is 63.4. The predicted octanol–water partition coefficient (Wildman–Crippen LogP) is 4.22. The molecule has 9 atom stereocenters. The van der Waals surface area contributed by atoms with Crippen LogP contribution in [0.15, 0.2) is 66.3 Å². The lowest BCUT2D eigenvalue weighted by molar-refractivity contribution is -0.158. The number of hydrogen-bond donors (Lipinski definition) is 7. The molecule has 86 heavy (non-hydrogen) atoms. The second-order valence-electron chi connectivity index (χ2n) is 22.3. The molecule has 8 N–H and O–H groups in total. The van der Waals surface area contributed by atoms with Crippen molar-refractivity contribution in [3.63, 3.8) is 0 Å². The number of hydrogen-bond acceptors (Lipinski definition) is 16. The molecule has 2 saturated heterocycles. The van der Waals surface area contributed by atoms with Gasteiger partial charge >= 0.3 is 18.1 Å². The fourth-order valence-corrected chi connectivity index (χ4v) is 10.5. The fourth-order valence-electron chi connectivity index (χ4n) is 10.2. The number of imide groups is 1. The molecule has 2 aromatic carbocycles. The molecule has 0 saturated carbocycles. The van der Waals surface area contributed by atoms with Crippen LogP contribution in [0.1, 0.15) is 108 Å². The van der Waals surface area contributed by atoms with Gasteiger partial charge in [-0.1, -0.05) is 55.7 Å². The van der Waals surface area contributed by atoms with Gasteiger partial charge in [-0.15, -0.1) is 0 Å². The number of nitrogens with one attached hydrogen (secondary N) is 5. The Morgan fingerprint density at radius 3 is 2.35 bits per heavy atom. The first kappa shape index (κ1) is 67.2. The van der Waals surface area contributed by atoms with E-state index in [9.17, 15) is 53.1 Å². The number of allylic oxidation sites excluding steroid dienone is 3. The molecule has 10 amide bonds. The summed E-state index contributed by atoms with van der Waals surface area (Å²) >= 11 is 6.81. The number of methoxy groups -OCH3 is 2. The van der Waals surface area contributed by atoms with Gasteiger partial charge in [0.1, 0.15) is 58.6 Å². The van der Waals surface area contributed by atoms with E-state index in [4.69, 9.17) is 41.0 Å². The van der Waals surface area contributed by atoms with Crippen LogP contribution < -0.4 is 42.0 Å². The molecule has 468 valence electrons. The summed E-state index contributed by atoms with van der Waals surface area (Å²) in [6.07, 6.45) is 3.61. The highest BCUT2D eigenvalue weighted by molar-refractivity contribution is 6.35. The zero-order valence-corrected chi connectivity index (χ0v) is 50.4. The molecule has 2 aromatic rings. The van der Waals surface area contributed by atoms with Crippen molar-refractivity contribution in [2.24, 2.45) is 11.7 Å². The number of alkyl carbamates (subject to hydrolysis) is 1. The summed E-state index contributed by atoms with van der Waals surface area (Å²) in [4.78, 5) is 135. The fraction of sp³-hybridized carbons (Fsp3) is 0.525. The highest BCUT2D eigenvalue weighted by Gasteiger charge is 2.62. The molecular weight excluding hydrogens is 1150 g/mol. The Labute approximate surface area is 502 Å². The van der Waals surface area contributed by atoms with Crippen molar-refractivity contribution < 1.29 is 81.1 Å². The maximum Gasteiger partial charge on any atom is 0.409 e. The Balaban J connectivity index is 1.15. The molecule has 27 heteroatoms. The number of aliphatic hydroxyl groups is 1. The number of anilines is 2. The molecule has 0 radical (unpaired) electrons. The molecule has 6 rings (SSSR count). The summed E-state index contributed by atoms with van der Waals surface area (Å²) in [7, 11) is 5.53. The van der Waals surface area contributed by atoms with Gasteiger partial charge in [-0.2, -0.15) is 0 Å². The second kappa shape index (κ2) is 29.4. The summed E-state index contributed by atoms with van der Waals surface area (Å²) in [6.45, 7) is 8.40. The summed E-state index contributed by atoms with van der Waals surface area (Å²) in [5.74, 6) is -6.62. The molecule has 0 aliphatic carbocycles. The quantitative estimate of drug-likeness (QED) is 0.0376. The van der Waals surface area contributed by atoms with E-state index in [-0.39, 0.29) is 67.3 Å². The van der Waals surface area contributed by atoms with Crippen LogP contribution in [0.3, 0.4) is 0 Å². The van der Waals surface area contributed by atoms with Gasteiger partial charge in [-0.05, 0) is 94.7 Å². The van der Waals surface area contributed by atoms with Crippen LogP contribution in [0, 0.1) is 11.7 Å². The van der Waals surface area contributed by atoms with E-state index in [1.807, 2.05) is 6.92 Å². The van der Waals surface area contributed by atoms with Crippen LogP contribution >= 0.6 is 11.6 Å². The summed E-state index contributed by atoms with van der Waals surface area (Å²) in [5.41, 5.74) is 3.10. The number of carbonyl (C=O) groups excluding carboxylic acids is 10. The lowest BCUT2D eigenvalue weighted by Crippen LogP contribution is -2.62. The van der Waals surface area contributed by atoms with Crippen LogP contribution in [0.5, 0.6) is 5.75 Å². The lowest BCUT2D eigenvalue weighted by atomic mass is 9.90. The first-order valence-electron chi connectivity index (χ1n) is 28.2. The van der Waals surface area contributed by atoms with E-state index in [1.54, 1.807) is 51.1 Å². The molecule has 4 bridgehead atoms. The van der Waals surface area contributed by atoms with Gasteiger partial charge in [0.25, 0.3) is 17.7 Å². The highest BCUT2D eigenvalue weighted by Crippen LogP contribution is 2.47. The number of amides is 10. The molecule has 4 aliphatic rings. The number of rotatable bonds is 22. The first-order valence-corrected chi connectivity index (χ1v) is 28.6. The molecular formula is C59H77ClFN9O16. The number of unbranched alkanes of at least 4 members (excludes halogenated alkanes) is 2. The van der Waals surface area contributed by atoms with Gasteiger partial charge in [-0.3, -0.25) is 43.8 Å². The van der Waals surface area contributed by atoms with Gasteiger partial charge in [0.15, 0.2) is 5.72 Å². The first-order chi connectivity index (χ1) is 40.6. The van der Waals surface area contributed by atoms with E-state index in [0.29, 0.717) is 31.2 Å². The Kier molecular flexibility index (Phi) is 23.0. The molecule has 2 fully saturated rings. The number of fused-ring (bicyclic) bond motifs is 5. The largest absolute Gasteiger partial charge is 0.495 e. The summed E-state index contributed by atoms with van der Waals surface area (Å²) in [5, 5.41) is 24.7. The zero-order valence-electron chi connectivity index (χ0n) is 49.6. The summed E-state index contributed by atoms with van der Waals surface area (Å²) in [6, 6.07) is 1.99. The lowest BCUT2D eigenvalue weighted by Gasteiger charge is -2.40. The van der Waals surface area contributed by atoms with Crippen LogP contribution in [0.2, 0.25) is 5.02 Å². The second-order valence-corrected chi connectivity index (χ2v) is 22.7. The molecule has 0 unspecified atom stereocenters. The maximum absolute atomic E-state index is 16.1. The van der Waals surface area contributed by atoms with Crippen LogP contribution in [0.25, 0.3) is 0 Å². The van der Waals surface area contributed by atoms with Crippen molar-refractivity contribution in [1.82, 2.24) is 31.1 Å². The topological polar surface area (TPSA) is 336 Å². The number of ether oxygens (including phenoxy) is 5. The third-order valence-corrected chi connectivity index (χ3v) is 15.9. The minimum Gasteiger partial charge on any atom is -0.495 e. The van der Waals surface area contributed by atoms with E-state index < -0.39 is 137 Å². The molecule has 0 spiro atoms. The Morgan fingerprint density at radius 1 is 0.988 bits per heavy atom. The number of halogens is 2. The average molecular weight is 1220 g/mol. The number of nitrogens with zero attached hydrogens (tertiary/aromatic N) is 3. The van der Waals surface area contributed by atoms with Gasteiger partial charge in [0.2, 0.25) is 23.6 Å². The maximum atomic E-state index is 16.1. The van der Waals surface area contributed by atoms with E-state index in [1.165, 1.54) is 58.4 Å². The van der Waals surface area contributed by atoms with Crippen molar-refractivity contribution in [3.8, 4) is 5.75 Å². The summed E-state index contributed by atoms with van der Waals surface area (Å²) < 4.78 is 45.2. The average Bonchev–Trinajstić information content (AvgIpc) is 2.99. The third-order valence-electron chi connectivity index (χ3n) is 15.5. The Hall–Kier alpha value is -7.94. The SMILES string of the molecule is COc1cc2cc(c1Cl)N(C)C(=O)C[C@H](OC(=O)[C@H](C)N(C)C(=O)c1ccc(NC(=O)[C@H](CCCNC(N)=O)NC(=O)[C@@H](NC(=O)CCCCCN3C(=O)C=CC3=O)C(C)C)cc1F)[C@]1(C)O[C@H]1C[C@@H]1C[C@@](O)(NC(=O)O1)[C@H](OC)/C=C/C=C(\C)C2. The number of nitrogens with two attached hydrogens (primary N) is 1. The van der Waals surface area contributed by atoms with Crippen molar-refractivity contribution >= 4 is 82.4 Å². The smallest absolute Gasteiger partial charge is 0.409 e. The number of urea groups is 1. The predicted molar refractivity (Wildman–Crippen MR) is 311 cm³/mol. The van der Waals surface area contributed by atoms with Crippen LogP contribution in [0.4, 0.5) is 25.4 Å².